The zero-order valence-electron chi connectivity index (χ0n) is 22.8. The number of amides is 2. The molecule has 3 N–H and O–H groups in total. The van der Waals surface area contributed by atoms with Crippen LogP contribution < -0.4 is 16.0 Å². The van der Waals surface area contributed by atoms with Gasteiger partial charge >= 0.3 is 5.97 Å². The van der Waals surface area contributed by atoms with E-state index in [0.717, 1.165) is 11.3 Å². The molecule has 3 heterocycles. The van der Waals surface area contributed by atoms with Crippen LogP contribution in [0.25, 0.3) is 0 Å². The van der Waals surface area contributed by atoms with Gasteiger partial charge in [-0.1, -0.05) is 62.2 Å². The first-order chi connectivity index (χ1) is 19.4. The van der Waals surface area contributed by atoms with Gasteiger partial charge in [-0.3, -0.25) is 9.59 Å². The molecular weight excluding hydrogens is 590 g/mol. The molecular formula is C29H29Cl2FN4O4S. The minimum absolute atomic E-state index is 0.0621. The number of carbonyl (C=O) groups is 3. The number of fused-ring (bicyclic) bond motifs is 2. The van der Waals surface area contributed by atoms with Crippen LogP contribution in [0.2, 0.25) is 10.0 Å². The fourth-order valence-corrected chi connectivity index (χ4v) is 7.00. The molecule has 41 heavy (non-hydrogen) atoms. The number of anilines is 2. The van der Waals surface area contributed by atoms with Gasteiger partial charge < -0.3 is 20.7 Å². The Labute approximate surface area is 251 Å². The molecule has 0 aliphatic carbocycles. The van der Waals surface area contributed by atoms with E-state index in [4.69, 9.17) is 27.9 Å². The molecule has 1 spiro atoms. The molecule has 2 aliphatic rings. The van der Waals surface area contributed by atoms with Crippen LogP contribution in [0.5, 0.6) is 0 Å². The predicted molar refractivity (Wildman–Crippen MR) is 157 cm³/mol. The van der Waals surface area contributed by atoms with Crippen LogP contribution in [0.3, 0.4) is 0 Å². The Balaban J connectivity index is 1.66. The molecule has 2 amide bonds. The van der Waals surface area contributed by atoms with Gasteiger partial charge in [0.05, 0.1) is 17.7 Å². The molecule has 5 rings (SSSR count). The third-order valence-electron chi connectivity index (χ3n) is 7.44. The Hall–Kier alpha value is -3.05. The summed E-state index contributed by atoms with van der Waals surface area (Å²) in [7, 11) is 0. The van der Waals surface area contributed by atoms with Gasteiger partial charge in [0, 0.05) is 28.0 Å². The van der Waals surface area contributed by atoms with E-state index in [2.05, 4.69) is 20.9 Å². The second kappa shape index (κ2) is 11.0. The first kappa shape index (κ1) is 29.4. The summed E-state index contributed by atoms with van der Waals surface area (Å²) < 4.78 is 20.8. The first-order valence-electron chi connectivity index (χ1n) is 13.1. The first-order valence-corrected chi connectivity index (χ1v) is 14.7. The number of hydrogen-bond acceptors (Lipinski definition) is 7. The standard InChI is InChI=1S/C29H29Cl2FN4O4S/c1-5-40-25(38)19-13-41-27(34-19)36-24(37)23-21(15-7-6-8-17(31)22(15)32)29(20(35-23)12-28(2,3)4)16-10-9-14(30)11-18(16)33-26(29)39/h6-11,13,20-21,23,35H,5,12H2,1-4H3,(H,33,39)(H,34,36,37). The van der Waals surface area contributed by atoms with Gasteiger partial charge in [-0.2, -0.15) is 0 Å². The molecule has 0 bridgehead atoms. The highest BCUT2D eigenvalue weighted by Gasteiger charge is 2.66. The van der Waals surface area contributed by atoms with Crippen molar-refractivity contribution in [2.45, 2.75) is 57.5 Å². The largest absolute Gasteiger partial charge is 0.461 e. The molecule has 0 radical (unpaired) electrons. The minimum Gasteiger partial charge on any atom is -0.461 e. The quantitative estimate of drug-likeness (QED) is 0.286. The van der Waals surface area contributed by atoms with E-state index in [1.54, 1.807) is 37.3 Å². The fourth-order valence-electron chi connectivity index (χ4n) is 5.97. The van der Waals surface area contributed by atoms with E-state index >= 15 is 4.39 Å². The number of rotatable bonds is 6. The van der Waals surface area contributed by atoms with Gasteiger partial charge in [0.25, 0.3) is 0 Å². The highest BCUT2D eigenvalue weighted by atomic mass is 35.5. The van der Waals surface area contributed by atoms with Crippen molar-refractivity contribution < 1.29 is 23.5 Å². The van der Waals surface area contributed by atoms with Crippen LogP contribution in [-0.4, -0.2) is 41.5 Å². The number of esters is 1. The number of aromatic nitrogens is 1. The third-order valence-corrected chi connectivity index (χ3v) is 8.72. The lowest BCUT2D eigenvalue weighted by Crippen LogP contribution is -2.49. The Morgan fingerprint density at radius 1 is 1.22 bits per heavy atom. The van der Waals surface area contributed by atoms with Gasteiger partial charge in [0.1, 0.15) is 11.2 Å². The number of hydrogen-bond donors (Lipinski definition) is 3. The minimum atomic E-state index is -1.38. The molecule has 1 fully saturated rings. The SMILES string of the molecule is CCOC(=O)c1csc(NC(=O)C2NC(CC(C)(C)C)C3(C(=O)Nc4cc(Cl)ccc43)C2c2cccc(Cl)c2F)n1. The van der Waals surface area contributed by atoms with Crippen molar-refractivity contribution >= 4 is 63.1 Å². The predicted octanol–water partition coefficient (Wildman–Crippen LogP) is 6.15. The van der Waals surface area contributed by atoms with E-state index in [1.165, 1.54) is 11.4 Å². The molecule has 4 atom stereocenters. The summed E-state index contributed by atoms with van der Waals surface area (Å²) in [4.78, 5) is 44.5. The monoisotopic (exact) mass is 618 g/mol. The Bertz CT molecular complexity index is 1540. The van der Waals surface area contributed by atoms with Crippen molar-refractivity contribution in [1.29, 1.82) is 0 Å². The lowest BCUT2D eigenvalue weighted by Gasteiger charge is -2.37. The van der Waals surface area contributed by atoms with Crippen molar-refractivity contribution in [2.75, 3.05) is 17.2 Å². The molecule has 4 unspecified atom stereocenters. The zero-order chi connectivity index (χ0) is 29.7. The van der Waals surface area contributed by atoms with Crippen molar-refractivity contribution in [3.63, 3.8) is 0 Å². The maximum atomic E-state index is 15.8. The normalized spacial score (nSPS) is 23.4. The summed E-state index contributed by atoms with van der Waals surface area (Å²) in [6, 6.07) is 8.03. The van der Waals surface area contributed by atoms with Gasteiger partial charge in [-0.15, -0.1) is 11.3 Å². The van der Waals surface area contributed by atoms with Gasteiger partial charge in [-0.25, -0.2) is 14.2 Å². The molecule has 0 saturated carbocycles. The summed E-state index contributed by atoms with van der Waals surface area (Å²) in [5, 5.41) is 11.1. The number of ether oxygens (including phenoxy) is 1. The molecule has 8 nitrogen and oxygen atoms in total. The van der Waals surface area contributed by atoms with Gasteiger partial charge in [0.15, 0.2) is 10.8 Å². The van der Waals surface area contributed by atoms with Crippen LogP contribution in [0, 0.1) is 11.2 Å². The van der Waals surface area contributed by atoms with E-state index in [1.807, 2.05) is 20.8 Å². The summed E-state index contributed by atoms with van der Waals surface area (Å²) in [5.74, 6) is -3.21. The second-order valence-corrected chi connectivity index (χ2v) is 13.0. The second-order valence-electron chi connectivity index (χ2n) is 11.3. The van der Waals surface area contributed by atoms with Crippen LogP contribution in [0.1, 0.15) is 61.6 Å². The molecule has 2 aromatic carbocycles. The highest BCUT2D eigenvalue weighted by Crippen LogP contribution is 2.57. The Morgan fingerprint density at radius 2 is 1.98 bits per heavy atom. The van der Waals surface area contributed by atoms with E-state index in [-0.39, 0.29) is 39.3 Å². The third kappa shape index (κ3) is 5.22. The zero-order valence-corrected chi connectivity index (χ0v) is 25.1. The average Bonchev–Trinajstić information content (AvgIpc) is 3.56. The maximum absolute atomic E-state index is 15.8. The van der Waals surface area contributed by atoms with Crippen molar-refractivity contribution in [1.82, 2.24) is 10.3 Å². The van der Waals surface area contributed by atoms with Gasteiger partial charge in [-0.05, 0) is 48.1 Å². The van der Waals surface area contributed by atoms with Crippen molar-refractivity contribution in [2.24, 2.45) is 5.41 Å². The number of benzene rings is 2. The van der Waals surface area contributed by atoms with Crippen molar-refractivity contribution in [3.8, 4) is 0 Å². The highest BCUT2D eigenvalue weighted by molar-refractivity contribution is 7.14. The van der Waals surface area contributed by atoms with Crippen LogP contribution >= 0.6 is 34.5 Å². The summed E-state index contributed by atoms with van der Waals surface area (Å²) in [6.45, 7) is 7.97. The molecule has 12 heteroatoms. The maximum Gasteiger partial charge on any atom is 0.357 e. The lowest BCUT2D eigenvalue weighted by molar-refractivity contribution is -0.122. The number of nitrogens with zero attached hydrogens (tertiary/aromatic N) is 1. The van der Waals surface area contributed by atoms with Gasteiger partial charge in [0.2, 0.25) is 11.8 Å². The molecule has 3 aromatic rings. The van der Waals surface area contributed by atoms with Crippen LogP contribution in [-0.2, 0) is 19.7 Å². The number of carbonyl (C=O) groups excluding carboxylic acids is 3. The molecule has 216 valence electrons. The summed E-state index contributed by atoms with van der Waals surface area (Å²) in [6.07, 6.45) is 0.481. The van der Waals surface area contributed by atoms with E-state index < -0.39 is 41.1 Å². The number of thiazole rings is 1. The molecule has 1 aromatic heterocycles. The van der Waals surface area contributed by atoms with E-state index in [9.17, 15) is 14.4 Å². The molecule has 2 aliphatic heterocycles. The summed E-state index contributed by atoms with van der Waals surface area (Å²) >= 11 is 13.6. The fraction of sp³-hybridized carbons (Fsp3) is 0.379. The number of nitrogens with one attached hydrogen (secondary N) is 3. The van der Waals surface area contributed by atoms with Crippen molar-refractivity contribution in [3.05, 3.63) is 74.5 Å². The van der Waals surface area contributed by atoms with Crippen LogP contribution in [0.15, 0.2) is 41.8 Å². The summed E-state index contributed by atoms with van der Waals surface area (Å²) in [5.41, 5.74) is -0.326. The smallest absolute Gasteiger partial charge is 0.357 e. The Kier molecular flexibility index (Phi) is 7.88. The average molecular weight is 620 g/mol. The van der Waals surface area contributed by atoms with Crippen LogP contribution in [0.4, 0.5) is 15.2 Å². The molecule has 1 saturated heterocycles. The lowest BCUT2D eigenvalue weighted by atomic mass is 9.62. The topological polar surface area (TPSA) is 109 Å². The Morgan fingerprint density at radius 3 is 2.68 bits per heavy atom. The van der Waals surface area contributed by atoms with E-state index in [0.29, 0.717) is 22.7 Å². The number of halogens is 3.